The highest BCUT2D eigenvalue weighted by Gasteiger charge is 2.41. The van der Waals surface area contributed by atoms with Gasteiger partial charge in [-0.3, -0.25) is 0 Å². The van der Waals surface area contributed by atoms with Gasteiger partial charge >= 0.3 is 0 Å². The standard InChI is InChI=1S/C22H42O/c1-17(19-13-9-7-10-14-19)21(3,4)23-22(5,6)18(2)20-15-11-8-12-16-20/h17-20H,7-16H2,1-6H3. The van der Waals surface area contributed by atoms with Crippen molar-refractivity contribution in [3.05, 3.63) is 0 Å². The summed E-state index contributed by atoms with van der Waals surface area (Å²) < 4.78 is 6.86. The Morgan fingerprint density at radius 2 is 0.913 bits per heavy atom. The van der Waals surface area contributed by atoms with Crippen molar-refractivity contribution in [2.45, 2.75) is 117 Å². The molecule has 1 heteroatoms. The fourth-order valence-corrected chi connectivity index (χ4v) is 5.27. The van der Waals surface area contributed by atoms with Gasteiger partial charge in [-0.25, -0.2) is 0 Å². The van der Waals surface area contributed by atoms with Crippen LogP contribution in [0, 0.1) is 23.7 Å². The quantitative estimate of drug-likeness (QED) is 0.512. The van der Waals surface area contributed by atoms with Gasteiger partial charge in [-0.05, 0) is 51.4 Å². The Morgan fingerprint density at radius 1 is 0.609 bits per heavy atom. The van der Waals surface area contributed by atoms with E-state index in [9.17, 15) is 0 Å². The lowest BCUT2D eigenvalue weighted by atomic mass is 9.72. The molecule has 0 aliphatic heterocycles. The van der Waals surface area contributed by atoms with Gasteiger partial charge in [0.1, 0.15) is 0 Å². The van der Waals surface area contributed by atoms with E-state index in [0.29, 0.717) is 11.8 Å². The molecule has 0 spiro atoms. The SMILES string of the molecule is CC(C1CCCCC1)C(C)(C)OC(C)(C)C(C)C1CCCCC1. The second-order valence-electron chi connectivity index (χ2n) is 9.68. The number of rotatable bonds is 6. The topological polar surface area (TPSA) is 9.23 Å². The molecule has 0 N–H and O–H groups in total. The maximum absolute atomic E-state index is 6.86. The summed E-state index contributed by atoms with van der Waals surface area (Å²) in [5, 5.41) is 0. The first-order chi connectivity index (χ1) is 10.7. The van der Waals surface area contributed by atoms with E-state index in [-0.39, 0.29) is 11.2 Å². The van der Waals surface area contributed by atoms with Crippen LogP contribution in [0.15, 0.2) is 0 Å². The third-order valence-corrected chi connectivity index (χ3v) is 7.43. The molecule has 23 heavy (non-hydrogen) atoms. The summed E-state index contributed by atoms with van der Waals surface area (Å²) in [4.78, 5) is 0. The Bertz CT molecular complexity index is 311. The van der Waals surface area contributed by atoms with Gasteiger partial charge < -0.3 is 4.74 Å². The predicted octanol–water partition coefficient (Wildman–Crippen LogP) is 6.99. The maximum Gasteiger partial charge on any atom is 0.0661 e. The zero-order valence-corrected chi connectivity index (χ0v) is 16.8. The van der Waals surface area contributed by atoms with Crippen molar-refractivity contribution < 1.29 is 4.74 Å². The van der Waals surface area contributed by atoms with Crippen molar-refractivity contribution >= 4 is 0 Å². The smallest absolute Gasteiger partial charge is 0.0661 e. The van der Waals surface area contributed by atoms with E-state index in [1.807, 2.05) is 0 Å². The van der Waals surface area contributed by atoms with E-state index in [1.165, 1.54) is 64.2 Å². The molecule has 2 unspecified atom stereocenters. The zero-order valence-electron chi connectivity index (χ0n) is 16.8. The lowest BCUT2D eigenvalue weighted by Gasteiger charge is -2.47. The largest absolute Gasteiger partial charge is 0.369 e. The molecule has 0 amide bonds. The van der Waals surface area contributed by atoms with Crippen molar-refractivity contribution in [2.75, 3.05) is 0 Å². The Kier molecular flexibility index (Phi) is 6.62. The van der Waals surface area contributed by atoms with Crippen LogP contribution >= 0.6 is 0 Å². The van der Waals surface area contributed by atoms with Crippen molar-refractivity contribution in [1.29, 1.82) is 0 Å². The molecule has 2 aliphatic rings. The van der Waals surface area contributed by atoms with Gasteiger partial charge in [-0.1, -0.05) is 78.1 Å². The highest BCUT2D eigenvalue weighted by atomic mass is 16.5. The van der Waals surface area contributed by atoms with Crippen molar-refractivity contribution in [1.82, 2.24) is 0 Å². The maximum atomic E-state index is 6.86. The van der Waals surface area contributed by atoms with Gasteiger partial charge in [0.05, 0.1) is 11.2 Å². The van der Waals surface area contributed by atoms with Crippen molar-refractivity contribution in [3.63, 3.8) is 0 Å². The molecule has 0 saturated heterocycles. The van der Waals surface area contributed by atoms with Crippen molar-refractivity contribution in [3.8, 4) is 0 Å². The highest BCUT2D eigenvalue weighted by Crippen LogP contribution is 2.43. The van der Waals surface area contributed by atoms with Crippen LogP contribution in [-0.2, 0) is 4.74 Å². The zero-order chi connectivity index (χ0) is 17.1. The third kappa shape index (κ3) is 4.97. The molecular weight excluding hydrogens is 280 g/mol. The van der Waals surface area contributed by atoms with Crippen LogP contribution in [0.25, 0.3) is 0 Å². The van der Waals surface area contributed by atoms with E-state index in [4.69, 9.17) is 4.74 Å². The van der Waals surface area contributed by atoms with E-state index < -0.39 is 0 Å². The van der Waals surface area contributed by atoms with Crippen LogP contribution in [0.4, 0.5) is 0 Å². The molecule has 0 heterocycles. The molecule has 0 aromatic heterocycles. The van der Waals surface area contributed by atoms with Crippen LogP contribution in [0.1, 0.15) is 106 Å². The van der Waals surface area contributed by atoms with Gasteiger partial charge in [-0.15, -0.1) is 0 Å². The molecule has 0 aromatic carbocycles. The van der Waals surface area contributed by atoms with E-state index in [2.05, 4.69) is 41.5 Å². The molecule has 2 atom stereocenters. The minimum Gasteiger partial charge on any atom is -0.369 e. The lowest BCUT2D eigenvalue weighted by molar-refractivity contribution is -0.185. The van der Waals surface area contributed by atoms with Gasteiger partial charge in [0.25, 0.3) is 0 Å². The fourth-order valence-electron chi connectivity index (χ4n) is 5.27. The molecule has 0 aromatic rings. The molecule has 136 valence electrons. The van der Waals surface area contributed by atoms with Gasteiger partial charge in [0, 0.05) is 0 Å². The minimum atomic E-state index is -0.0194. The second-order valence-corrected chi connectivity index (χ2v) is 9.68. The first kappa shape index (κ1) is 19.3. The molecule has 2 rings (SSSR count). The predicted molar refractivity (Wildman–Crippen MR) is 101 cm³/mol. The summed E-state index contributed by atoms with van der Waals surface area (Å²) in [5.74, 6) is 3.03. The summed E-state index contributed by atoms with van der Waals surface area (Å²) in [6, 6.07) is 0. The lowest BCUT2D eigenvalue weighted by Crippen LogP contribution is -2.48. The Balaban J connectivity index is 1.98. The monoisotopic (exact) mass is 322 g/mol. The van der Waals surface area contributed by atoms with Crippen molar-refractivity contribution in [2.24, 2.45) is 23.7 Å². The molecule has 1 nitrogen and oxygen atoms in total. The normalized spacial score (nSPS) is 25.3. The molecular formula is C22H42O. The fraction of sp³-hybridized carbons (Fsp3) is 1.00. The number of hydrogen-bond acceptors (Lipinski definition) is 1. The van der Waals surface area contributed by atoms with Crippen LogP contribution in [0.2, 0.25) is 0 Å². The van der Waals surface area contributed by atoms with E-state index >= 15 is 0 Å². The molecule has 2 saturated carbocycles. The average molecular weight is 323 g/mol. The van der Waals surface area contributed by atoms with E-state index in [0.717, 1.165) is 11.8 Å². The summed E-state index contributed by atoms with van der Waals surface area (Å²) in [6.07, 6.45) is 14.2. The Hall–Kier alpha value is -0.0400. The molecule has 2 aliphatic carbocycles. The summed E-state index contributed by atoms with van der Waals surface area (Å²) in [5.41, 5.74) is -0.0388. The van der Waals surface area contributed by atoms with Gasteiger partial charge in [0.15, 0.2) is 0 Å². The molecule has 0 radical (unpaired) electrons. The first-order valence-electron chi connectivity index (χ1n) is 10.4. The number of hydrogen-bond donors (Lipinski definition) is 0. The highest BCUT2D eigenvalue weighted by molar-refractivity contribution is 4.90. The average Bonchev–Trinajstić information content (AvgIpc) is 2.54. The number of ether oxygens (including phenoxy) is 1. The third-order valence-electron chi connectivity index (χ3n) is 7.43. The first-order valence-corrected chi connectivity index (χ1v) is 10.4. The van der Waals surface area contributed by atoms with Crippen LogP contribution < -0.4 is 0 Å². The van der Waals surface area contributed by atoms with Gasteiger partial charge in [-0.2, -0.15) is 0 Å². The van der Waals surface area contributed by atoms with Gasteiger partial charge in [0.2, 0.25) is 0 Å². The van der Waals surface area contributed by atoms with Crippen LogP contribution in [0.3, 0.4) is 0 Å². The van der Waals surface area contributed by atoms with Crippen LogP contribution in [0.5, 0.6) is 0 Å². The summed E-state index contributed by atoms with van der Waals surface area (Å²) >= 11 is 0. The minimum absolute atomic E-state index is 0.0194. The second kappa shape index (κ2) is 7.89. The summed E-state index contributed by atoms with van der Waals surface area (Å²) in [6.45, 7) is 14.3. The Labute approximate surface area is 146 Å². The summed E-state index contributed by atoms with van der Waals surface area (Å²) in [7, 11) is 0. The van der Waals surface area contributed by atoms with Crippen LogP contribution in [-0.4, -0.2) is 11.2 Å². The molecule has 0 bridgehead atoms. The van der Waals surface area contributed by atoms with E-state index in [1.54, 1.807) is 0 Å². The molecule has 2 fully saturated rings. The Morgan fingerprint density at radius 3 is 1.22 bits per heavy atom.